The fourth-order valence-corrected chi connectivity index (χ4v) is 5.00. The van der Waals surface area contributed by atoms with E-state index in [4.69, 9.17) is 16.3 Å². The minimum absolute atomic E-state index is 0.00170. The smallest absolute Gasteiger partial charge is 0.410 e. The first kappa shape index (κ1) is 25.0. The van der Waals surface area contributed by atoms with Crippen LogP contribution in [0.1, 0.15) is 31.2 Å². The number of benzene rings is 2. The zero-order valence-corrected chi connectivity index (χ0v) is 20.6. The van der Waals surface area contributed by atoms with Gasteiger partial charge in [0.1, 0.15) is 11.6 Å². The molecule has 2 unspecified atom stereocenters. The van der Waals surface area contributed by atoms with Crippen LogP contribution in [0.15, 0.2) is 48.5 Å². The maximum absolute atomic E-state index is 13.4. The van der Waals surface area contributed by atoms with E-state index >= 15 is 0 Å². The van der Waals surface area contributed by atoms with Crippen molar-refractivity contribution in [2.24, 2.45) is 5.92 Å². The molecule has 2 fully saturated rings. The maximum Gasteiger partial charge on any atom is 0.415 e. The Labute approximate surface area is 209 Å². The van der Waals surface area contributed by atoms with E-state index in [1.165, 1.54) is 29.2 Å². The second-order valence-corrected chi connectivity index (χ2v) is 9.52. The second-order valence-electron chi connectivity index (χ2n) is 9.08. The molecule has 0 N–H and O–H groups in total. The lowest BCUT2D eigenvalue weighted by Gasteiger charge is -2.28. The fourth-order valence-electron chi connectivity index (χ4n) is 4.88. The van der Waals surface area contributed by atoms with Crippen molar-refractivity contribution in [1.29, 1.82) is 0 Å². The minimum atomic E-state index is -0.588. The van der Waals surface area contributed by atoms with Gasteiger partial charge in [0.25, 0.3) is 0 Å². The zero-order valence-electron chi connectivity index (χ0n) is 19.8. The Morgan fingerprint density at radius 1 is 1.03 bits per heavy atom. The van der Waals surface area contributed by atoms with E-state index < -0.39 is 11.9 Å². The summed E-state index contributed by atoms with van der Waals surface area (Å²) in [6.07, 6.45) is 0.474. The molecule has 0 aliphatic carbocycles. The summed E-state index contributed by atoms with van der Waals surface area (Å²) in [7, 11) is 1.64. The van der Waals surface area contributed by atoms with Gasteiger partial charge in [-0.2, -0.15) is 0 Å². The SMILES string of the molecule is CCC(=O)N1CCC(C(=O)N2CC(c3ccc(Cl)cc3)[C@H](N(C)C(=O)Oc3ccc(F)cc3)C2)C1. The van der Waals surface area contributed by atoms with Gasteiger partial charge in [0.2, 0.25) is 11.8 Å². The quantitative estimate of drug-likeness (QED) is 0.617. The summed E-state index contributed by atoms with van der Waals surface area (Å²) in [5, 5.41) is 0.604. The van der Waals surface area contributed by atoms with Crippen LogP contribution in [0.3, 0.4) is 0 Å². The van der Waals surface area contributed by atoms with Crippen LogP contribution in [0.25, 0.3) is 0 Å². The number of hydrogen-bond acceptors (Lipinski definition) is 4. The molecule has 35 heavy (non-hydrogen) atoms. The lowest BCUT2D eigenvalue weighted by Crippen LogP contribution is -2.44. The lowest BCUT2D eigenvalue weighted by atomic mass is 9.93. The van der Waals surface area contributed by atoms with Gasteiger partial charge in [-0.05, 0) is 48.4 Å². The van der Waals surface area contributed by atoms with Crippen molar-refractivity contribution in [1.82, 2.24) is 14.7 Å². The number of likely N-dealkylation sites (N-methyl/N-ethyl adjacent to an activating group) is 1. The van der Waals surface area contributed by atoms with Gasteiger partial charge in [-0.1, -0.05) is 30.7 Å². The van der Waals surface area contributed by atoms with Crippen molar-refractivity contribution in [3.05, 3.63) is 64.9 Å². The summed E-state index contributed by atoms with van der Waals surface area (Å²) in [6.45, 7) is 3.63. The van der Waals surface area contributed by atoms with Gasteiger partial charge in [-0.3, -0.25) is 9.59 Å². The van der Waals surface area contributed by atoms with Gasteiger partial charge >= 0.3 is 6.09 Å². The molecule has 3 atom stereocenters. The van der Waals surface area contributed by atoms with Crippen LogP contribution < -0.4 is 4.74 Å². The average molecular weight is 502 g/mol. The van der Waals surface area contributed by atoms with Crippen molar-refractivity contribution in [2.45, 2.75) is 31.7 Å². The number of nitrogens with zero attached hydrogens (tertiary/aromatic N) is 3. The van der Waals surface area contributed by atoms with Crippen molar-refractivity contribution in [2.75, 3.05) is 33.2 Å². The monoisotopic (exact) mass is 501 g/mol. The van der Waals surface area contributed by atoms with Gasteiger partial charge < -0.3 is 19.4 Å². The van der Waals surface area contributed by atoms with Crippen LogP contribution in [-0.2, 0) is 9.59 Å². The Kier molecular flexibility index (Phi) is 7.60. The minimum Gasteiger partial charge on any atom is -0.410 e. The van der Waals surface area contributed by atoms with E-state index in [-0.39, 0.29) is 35.4 Å². The summed E-state index contributed by atoms with van der Waals surface area (Å²) in [6, 6.07) is 12.3. The molecule has 2 aliphatic heterocycles. The third-order valence-corrected chi connectivity index (χ3v) is 7.15. The molecule has 4 rings (SSSR count). The van der Waals surface area contributed by atoms with Crippen molar-refractivity contribution < 1.29 is 23.5 Å². The van der Waals surface area contributed by atoms with Crippen LogP contribution in [0.4, 0.5) is 9.18 Å². The molecule has 2 aromatic rings. The van der Waals surface area contributed by atoms with E-state index in [2.05, 4.69) is 0 Å². The summed E-state index contributed by atoms with van der Waals surface area (Å²) in [5.74, 6) is -0.510. The van der Waals surface area contributed by atoms with E-state index in [1.807, 2.05) is 19.1 Å². The number of likely N-dealkylation sites (tertiary alicyclic amines) is 2. The first-order valence-corrected chi connectivity index (χ1v) is 12.2. The van der Waals surface area contributed by atoms with E-state index in [1.54, 1.807) is 29.0 Å². The maximum atomic E-state index is 13.4. The predicted molar refractivity (Wildman–Crippen MR) is 130 cm³/mol. The van der Waals surface area contributed by atoms with Gasteiger partial charge in [0.15, 0.2) is 0 Å². The Balaban J connectivity index is 1.51. The molecule has 2 aromatic carbocycles. The number of hydrogen-bond donors (Lipinski definition) is 0. The largest absolute Gasteiger partial charge is 0.415 e. The molecule has 0 spiro atoms. The Morgan fingerprint density at radius 3 is 2.37 bits per heavy atom. The lowest BCUT2D eigenvalue weighted by molar-refractivity contribution is -0.135. The Bertz CT molecular complexity index is 1080. The van der Waals surface area contributed by atoms with Gasteiger partial charge in [0.05, 0.1) is 12.0 Å². The average Bonchev–Trinajstić information content (AvgIpc) is 3.53. The number of carbonyl (C=O) groups is 3. The summed E-state index contributed by atoms with van der Waals surface area (Å²) in [4.78, 5) is 43.4. The predicted octanol–water partition coefficient (Wildman–Crippen LogP) is 4.16. The highest BCUT2D eigenvalue weighted by Gasteiger charge is 2.43. The van der Waals surface area contributed by atoms with Crippen molar-refractivity contribution >= 4 is 29.5 Å². The number of carbonyl (C=O) groups excluding carboxylic acids is 3. The number of rotatable bonds is 5. The molecule has 7 nitrogen and oxygen atoms in total. The molecular formula is C26H29ClFN3O4. The van der Waals surface area contributed by atoms with Crippen LogP contribution in [0.2, 0.25) is 5.02 Å². The van der Waals surface area contributed by atoms with Gasteiger partial charge in [0, 0.05) is 50.6 Å². The normalized spacial score (nSPS) is 21.8. The van der Waals surface area contributed by atoms with Crippen LogP contribution in [-0.4, -0.2) is 71.9 Å². The molecule has 2 aliphatic rings. The highest BCUT2D eigenvalue weighted by Crippen LogP contribution is 2.34. The topological polar surface area (TPSA) is 70.2 Å². The molecule has 0 aromatic heterocycles. The zero-order chi connectivity index (χ0) is 25.1. The van der Waals surface area contributed by atoms with Gasteiger partial charge in [-0.15, -0.1) is 0 Å². The Morgan fingerprint density at radius 2 is 1.71 bits per heavy atom. The summed E-state index contributed by atoms with van der Waals surface area (Å²) >= 11 is 6.08. The van der Waals surface area contributed by atoms with Gasteiger partial charge in [-0.25, -0.2) is 9.18 Å². The summed E-state index contributed by atoms with van der Waals surface area (Å²) < 4.78 is 18.7. The third-order valence-electron chi connectivity index (χ3n) is 6.90. The van der Waals surface area contributed by atoms with E-state index in [9.17, 15) is 18.8 Å². The summed E-state index contributed by atoms with van der Waals surface area (Å²) in [5.41, 5.74) is 0.963. The number of ether oxygens (including phenoxy) is 1. The standard InChI is InChI=1S/C26H29ClFN3O4/c1-3-24(32)30-13-12-18(14-30)25(33)31-15-22(17-4-6-19(27)7-5-17)23(16-31)29(2)26(34)35-21-10-8-20(28)9-11-21/h4-11,18,22-23H,3,12-16H2,1-2H3/t18?,22?,23-/m1/s1. The van der Waals surface area contributed by atoms with E-state index in [0.717, 1.165) is 5.56 Å². The highest BCUT2D eigenvalue weighted by molar-refractivity contribution is 6.30. The van der Waals surface area contributed by atoms with Crippen LogP contribution >= 0.6 is 11.6 Å². The van der Waals surface area contributed by atoms with E-state index in [0.29, 0.717) is 44.0 Å². The first-order chi connectivity index (χ1) is 16.8. The van der Waals surface area contributed by atoms with Crippen LogP contribution in [0, 0.1) is 11.7 Å². The molecule has 2 heterocycles. The molecule has 9 heteroatoms. The van der Waals surface area contributed by atoms with Crippen LogP contribution in [0.5, 0.6) is 5.75 Å². The Hall–Kier alpha value is -3.13. The molecule has 0 saturated carbocycles. The van der Waals surface area contributed by atoms with Crippen molar-refractivity contribution in [3.8, 4) is 5.75 Å². The molecular weight excluding hydrogens is 473 g/mol. The fraction of sp³-hybridized carbons (Fsp3) is 0.423. The van der Waals surface area contributed by atoms with Crippen molar-refractivity contribution in [3.63, 3.8) is 0 Å². The first-order valence-electron chi connectivity index (χ1n) is 11.8. The molecule has 3 amide bonds. The molecule has 0 bridgehead atoms. The number of halogens is 2. The molecule has 0 radical (unpaired) electrons. The number of amides is 3. The molecule has 186 valence electrons. The second kappa shape index (κ2) is 10.6. The third kappa shape index (κ3) is 5.59. The highest BCUT2D eigenvalue weighted by atomic mass is 35.5. The molecule has 2 saturated heterocycles.